The minimum Gasteiger partial charge on any atom is -0.461 e. The van der Waals surface area contributed by atoms with Crippen molar-refractivity contribution in [2.24, 2.45) is 0 Å². The van der Waals surface area contributed by atoms with E-state index in [2.05, 4.69) is 18.5 Å². The van der Waals surface area contributed by atoms with Crippen molar-refractivity contribution in [1.29, 1.82) is 0 Å². The molecule has 0 aromatic carbocycles. The first-order valence-corrected chi connectivity index (χ1v) is 5.18. The standard InChI is InChI=1S/C12H15NO2/c1-3-11(14)12-9(6-8-15-12)10-5-4-7-13(10)2/h3,6,8,10H,1,4-5,7H2,2H3. The number of carbonyl (C=O) groups is 1. The highest BCUT2D eigenvalue weighted by Gasteiger charge is 2.27. The molecule has 0 spiro atoms. The zero-order valence-electron chi connectivity index (χ0n) is 8.90. The molecule has 0 N–H and O–H groups in total. The molecule has 3 nitrogen and oxygen atoms in total. The number of allylic oxidation sites excluding steroid dienone is 1. The Morgan fingerprint density at radius 1 is 1.73 bits per heavy atom. The third kappa shape index (κ3) is 1.75. The zero-order valence-corrected chi connectivity index (χ0v) is 8.90. The van der Waals surface area contributed by atoms with Crippen LogP contribution >= 0.6 is 0 Å². The fourth-order valence-electron chi connectivity index (χ4n) is 2.18. The molecule has 1 fully saturated rings. The third-order valence-electron chi connectivity index (χ3n) is 2.98. The van der Waals surface area contributed by atoms with Crippen molar-refractivity contribution >= 4 is 5.78 Å². The molecule has 3 heteroatoms. The van der Waals surface area contributed by atoms with E-state index in [-0.39, 0.29) is 5.78 Å². The van der Waals surface area contributed by atoms with Gasteiger partial charge in [-0.1, -0.05) is 6.58 Å². The van der Waals surface area contributed by atoms with E-state index in [9.17, 15) is 4.79 Å². The summed E-state index contributed by atoms with van der Waals surface area (Å²) in [6, 6.07) is 2.21. The highest BCUT2D eigenvalue weighted by molar-refractivity contribution is 6.03. The largest absolute Gasteiger partial charge is 0.461 e. The van der Waals surface area contributed by atoms with Gasteiger partial charge in [0, 0.05) is 11.6 Å². The molecular weight excluding hydrogens is 190 g/mol. The van der Waals surface area contributed by atoms with Crippen LogP contribution in [0.2, 0.25) is 0 Å². The van der Waals surface area contributed by atoms with Crippen molar-refractivity contribution in [3.05, 3.63) is 36.3 Å². The lowest BCUT2D eigenvalue weighted by molar-refractivity contribution is 0.101. The summed E-state index contributed by atoms with van der Waals surface area (Å²) in [5, 5.41) is 0. The van der Waals surface area contributed by atoms with Gasteiger partial charge in [0.2, 0.25) is 5.78 Å². The summed E-state index contributed by atoms with van der Waals surface area (Å²) >= 11 is 0. The minimum absolute atomic E-state index is 0.129. The monoisotopic (exact) mass is 205 g/mol. The zero-order chi connectivity index (χ0) is 10.8. The van der Waals surface area contributed by atoms with Crippen LogP contribution in [0.25, 0.3) is 0 Å². The molecule has 0 amide bonds. The van der Waals surface area contributed by atoms with E-state index in [1.54, 1.807) is 6.26 Å². The van der Waals surface area contributed by atoms with Gasteiger partial charge >= 0.3 is 0 Å². The van der Waals surface area contributed by atoms with Crippen LogP contribution in [-0.2, 0) is 0 Å². The Morgan fingerprint density at radius 3 is 3.13 bits per heavy atom. The first-order valence-electron chi connectivity index (χ1n) is 5.18. The first-order chi connectivity index (χ1) is 7.24. The minimum atomic E-state index is -0.129. The summed E-state index contributed by atoms with van der Waals surface area (Å²) < 4.78 is 5.23. The normalized spacial score (nSPS) is 21.8. The second kappa shape index (κ2) is 4.03. The van der Waals surface area contributed by atoms with Crippen LogP contribution in [0.15, 0.2) is 29.4 Å². The predicted molar refractivity (Wildman–Crippen MR) is 57.8 cm³/mol. The van der Waals surface area contributed by atoms with Crippen molar-refractivity contribution in [3.8, 4) is 0 Å². The lowest BCUT2D eigenvalue weighted by atomic mass is 10.0. The topological polar surface area (TPSA) is 33.5 Å². The van der Waals surface area contributed by atoms with Crippen LogP contribution in [0.5, 0.6) is 0 Å². The average molecular weight is 205 g/mol. The molecular formula is C12H15NO2. The smallest absolute Gasteiger partial charge is 0.220 e. The molecule has 0 aliphatic carbocycles. The van der Waals surface area contributed by atoms with Crippen molar-refractivity contribution < 1.29 is 9.21 Å². The van der Waals surface area contributed by atoms with Gasteiger partial charge in [-0.05, 0) is 38.6 Å². The van der Waals surface area contributed by atoms with E-state index in [4.69, 9.17) is 4.42 Å². The Morgan fingerprint density at radius 2 is 2.53 bits per heavy atom. The van der Waals surface area contributed by atoms with Crippen LogP contribution in [-0.4, -0.2) is 24.3 Å². The van der Waals surface area contributed by atoms with Gasteiger partial charge in [0.1, 0.15) is 0 Å². The molecule has 2 rings (SSSR count). The number of ketones is 1. The maximum atomic E-state index is 11.5. The van der Waals surface area contributed by atoms with Gasteiger partial charge in [-0.15, -0.1) is 0 Å². The number of hydrogen-bond acceptors (Lipinski definition) is 3. The molecule has 1 unspecified atom stereocenters. The lowest BCUT2D eigenvalue weighted by Crippen LogP contribution is -2.18. The second-order valence-electron chi connectivity index (χ2n) is 3.91. The molecule has 15 heavy (non-hydrogen) atoms. The summed E-state index contributed by atoms with van der Waals surface area (Å²) in [4.78, 5) is 13.8. The van der Waals surface area contributed by atoms with Crippen LogP contribution in [0.1, 0.15) is 35.0 Å². The Balaban J connectivity index is 2.31. The highest BCUT2D eigenvalue weighted by atomic mass is 16.3. The molecule has 1 aliphatic heterocycles. The molecule has 1 aromatic heterocycles. The van der Waals surface area contributed by atoms with Crippen LogP contribution in [0, 0.1) is 0 Å². The fraction of sp³-hybridized carbons (Fsp3) is 0.417. The van der Waals surface area contributed by atoms with Crippen molar-refractivity contribution in [2.75, 3.05) is 13.6 Å². The summed E-state index contributed by atoms with van der Waals surface area (Å²) in [6.07, 6.45) is 5.15. The number of likely N-dealkylation sites (tertiary alicyclic amines) is 1. The molecule has 0 bridgehead atoms. The molecule has 0 radical (unpaired) electrons. The average Bonchev–Trinajstić information content (AvgIpc) is 2.84. The van der Waals surface area contributed by atoms with Gasteiger partial charge in [-0.3, -0.25) is 9.69 Å². The molecule has 80 valence electrons. The van der Waals surface area contributed by atoms with E-state index in [1.165, 1.54) is 12.5 Å². The van der Waals surface area contributed by atoms with Gasteiger partial charge in [0.15, 0.2) is 5.76 Å². The fourth-order valence-corrected chi connectivity index (χ4v) is 2.18. The number of carbonyl (C=O) groups excluding carboxylic acids is 1. The van der Waals surface area contributed by atoms with Crippen molar-refractivity contribution in [3.63, 3.8) is 0 Å². The van der Waals surface area contributed by atoms with Gasteiger partial charge in [0.05, 0.1) is 6.26 Å². The SMILES string of the molecule is C=CC(=O)c1occc1C1CCCN1C. The van der Waals surface area contributed by atoms with Crippen LogP contribution in [0.4, 0.5) is 0 Å². The Hall–Kier alpha value is -1.35. The van der Waals surface area contributed by atoms with Crippen LogP contribution in [0.3, 0.4) is 0 Å². The van der Waals surface area contributed by atoms with Gasteiger partial charge in [-0.25, -0.2) is 0 Å². The Labute approximate surface area is 89.4 Å². The lowest BCUT2D eigenvalue weighted by Gasteiger charge is -2.18. The van der Waals surface area contributed by atoms with Gasteiger partial charge in [-0.2, -0.15) is 0 Å². The van der Waals surface area contributed by atoms with Crippen molar-refractivity contribution in [2.45, 2.75) is 18.9 Å². The van der Waals surface area contributed by atoms with E-state index in [1.807, 2.05) is 6.07 Å². The Kier molecular flexibility index (Phi) is 2.73. The number of hydrogen-bond donors (Lipinski definition) is 0. The third-order valence-corrected chi connectivity index (χ3v) is 2.98. The number of furan rings is 1. The summed E-state index contributed by atoms with van der Waals surface area (Å²) in [5.41, 5.74) is 1.000. The molecule has 1 saturated heterocycles. The van der Waals surface area contributed by atoms with E-state index >= 15 is 0 Å². The quantitative estimate of drug-likeness (QED) is 0.561. The molecule has 1 aliphatic rings. The highest BCUT2D eigenvalue weighted by Crippen LogP contribution is 2.33. The maximum absolute atomic E-state index is 11.5. The van der Waals surface area contributed by atoms with Crippen LogP contribution < -0.4 is 0 Å². The predicted octanol–water partition coefficient (Wildman–Crippen LogP) is 2.42. The van der Waals surface area contributed by atoms with E-state index in [0.29, 0.717) is 11.8 Å². The van der Waals surface area contributed by atoms with E-state index in [0.717, 1.165) is 18.5 Å². The second-order valence-corrected chi connectivity index (χ2v) is 3.91. The molecule has 1 atom stereocenters. The summed E-state index contributed by atoms with van der Waals surface area (Å²) in [5.74, 6) is 0.319. The summed E-state index contributed by atoms with van der Waals surface area (Å²) in [7, 11) is 2.08. The van der Waals surface area contributed by atoms with E-state index < -0.39 is 0 Å². The number of nitrogens with zero attached hydrogens (tertiary/aromatic N) is 1. The number of rotatable bonds is 3. The maximum Gasteiger partial charge on any atom is 0.220 e. The van der Waals surface area contributed by atoms with Gasteiger partial charge < -0.3 is 4.42 Å². The van der Waals surface area contributed by atoms with Gasteiger partial charge in [0.25, 0.3) is 0 Å². The van der Waals surface area contributed by atoms with Crippen molar-refractivity contribution in [1.82, 2.24) is 4.90 Å². The summed E-state index contributed by atoms with van der Waals surface area (Å²) in [6.45, 7) is 4.56. The molecule has 0 saturated carbocycles. The first kappa shape index (κ1) is 10.2. The Bertz CT molecular complexity index is 381. The molecule has 2 heterocycles. The molecule has 1 aromatic rings.